The summed E-state index contributed by atoms with van der Waals surface area (Å²) in [6.45, 7) is 0. The SMILES string of the molecule is O=[N+]([O-])c1cc(-c2ccccn2)ccc1F.[Zn+][Br].[c-]1ccccn1. The van der Waals surface area contributed by atoms with Gasteiger partial charge in [0.2, 0.25) is 5.82 Å². The minimum absolute atomic E-state index is 0.522. The van der Waals surface area contributed by atoms with Crippen LogP contribution < -0.4 is 0 Å². The van der Waals surface area contributed by atoms with Gasteiger partial charge in [0.05, 0.1) is 10.6 Å². The van der Waals surface area contributed by atoms with Crippen LogP contribution in [0.4, 0.5) is 10.1 Å². The zero-order valence-electron chi connectivity index (χ0n) is 12.5. The Morgan fingerprint density at radius 2 is 1.88 bits per heavy atom. The fourth-order valence-corrected chi connectivity index (χ4v) is 1.62. The maximum absolute atomic E-state index is 13.1. The molecule has 0 atom stereocenters. The molecule has 0 N–H and O–H groups in total. The first-order valence-corrected chi connectivity index (χ1v) is 13.5. The van der Waals surface area contributed by atoms with Crippen molar-refractivity contribution in [2.75, 3.05) is 0 Å². The van der Waals surface area contributed by atoms with E-state index in [9.17, 15) is 14.5 Å². The van der Waals surface area contributed by atoms with Crippen LogP contribution in [0.3, 0.4) is 0 Å². The molecule has 3 rings (SSSR count). The Bertz CT molecular complexity index is 722. The second-order valence-corrected chi connectivity index (χ2v) is 4.10. The van der Waals surface area contributed by atoms with Crippen LogP contribution in [0.15, 0.2) is 67.0 Å². The Morgan fingerprint density at radius 3 is 2.33 bits per heavy atom. The average molecular weight is 442 g/mol. The van der Waals surface area contributed by atoms with Crippen molar-refractivity contribution < 1.29 is 25.7 Å². The van der Waals surface area contributed by atoms with E-state index in [2.05, 4.69) is 29.8 Å². The molecule has 24 heavy (non-hydrogen) atoms. The molecule has 0 radical (unpaired) electrons. The molecule has 0 fully saturated rings. The van der Waals surface area contributed by atoms with Gasteiger partial charge in [-0.3, -0.25) is 15.1 Å². The van der Waals surface area contributed by atoms with E-state index in [-0.39, 0.29) is 0 Å². The summed E-state index contributed by atoms with van der Waals surface area (Å²) >= 11 is 4.25. The van der Waals surface area contributed by atoms with E-state index in [0.717, 1.165) is 6.07 Å². The van der Waals surface area contributed by atoms with Crippen LogP contribution in [-0.4, -0.2) is 14.9 Å². The van der Waals surface area contributed by atoms with E-state index in [4.69, 9.17) is 0 Å². The topological polar surface area (TPSA) is 68.9 Å². The van der Waals surface area contributed by atoms with Gasteiger partial charge in [0.15, 0.2) is 0 Å². The number of pyridine rings is 2. The van der Waals surface area contributed by atoms with E-state index >= 15 is 0 Å². The largest absolute Gasteiger partial charge is 0.394 e. The van der Waals surface area contributed by atoms with Crippen LogP contribution in [-0.2, 0) is 16.3 Å². The number of nitro groups is 1. The molecule has 8 heteroatoms. The van der Waals surface area contributed by atoms with Crippen molar-refractivity contribution >= 4 is 19.3 Å². The van der Waals surface area contributed by atoms with Gasteiger partial charge in [0.25, 0.3) is 0 Å². The summed E-state index contributed by atoms with van der Waals surface area (Å²) in [4.78, 5) is 17.5. The Hall–Kier alpha value is -2.05. The Kier molecular flexibility index (Phi) is 9.57. The third-order valence-electron chi connectivity index (χ3n) is 2.62. The van der Waals surface area contributed by atoms with Crippen LogP contribution >= 0.6 is 13.6 Å². The molecular formula is C16H11BrFN3O2Zn. The number of nitrogens with zero attached hydrogens (tertiary/aromatic N) is 3. The molecule has 0 spiro atoms. The van der Waals surface area contributed by atoms with Gasteiger partial charge in [-0.05, 0) is 24.3 Å². The Balaban J connectivity index is 0.000000300. The molecule has 0 saturated heterocycles. The van der Waals surface area contributed by atoms with Crippen molar-refractivity contribution in [2.24, 2.45) is 0 Å². The number of aromatic nitrogens is 2. The molecule has 0 unspecified atom stereocenters. The van der Waals surface area contributed by atoms with Gasteiger partial charge in [-0.2, -0.15) is 22.6 Å². The van der Waals surface area contributed by atoms with E-state index < -0.39 is 16.4 Å². The van der Waals surface area contributed by atoms with Gasteiger partial charge in [-0.15, -0.1) is 0 Å². The predicted octanol–water partition coefficient (Wildman–Crippen LogP) is 4.52. The average Bonchev–Trinajstić information content (AvgIpc) is 2.66. The van der Waals surface area contributed by atoms with Crippen molar-refractivity contribution in [2.45, 2.75) is 0 Å². The molecule has 0 saturated carbocycles. The van der Waals surface area contributed by atoms with Crippen LogP contribution in [0.1, 0.15) is 0 Å². The number of rotatable bonds is 2. The maximum Gasteiger partial charge on any atom is -0.0813 e. The number of nitro benzene ring substituents is 1. The van der Waals surface area contributed by atoms with Gasteiger partial charge in [0, 0.05) is 17.8 Å². The zero-order chi connectivity index (χ0) is 17.8. The van der Waals surface area contributed by atoms with E-state index in [1.165, 1.54) is 28.5 Å². The van der Waals surface area contributed by atoms with Crippen molar-refractivity contribution in [1.82, 2.24) is 9.97 Å². The summed E-state index contributed by atoms with van der Waals surface area (Å²) in [5, 5.41) is 10.6. The Labute approximate surface area is 155 Å². The fourth-order valence-electron chi connectivity index (χ4n) is 1.62. The third-order valence-corrected chi connectivity index (χ3v) is 2.62. The number of hydrogen-bond acceptors (Lipinski definition) is 4. The summed E-state index contributed by atoms with van der Waals surface area (Å²) in [6, 6.07) is 14.4. The first-order chi connectivity index (χ1) is 11.7. The Morgan fingerprint density at radius 1 is 1.12 bits per heavy atom. The van der Waals surface area contributed by atoms with Gasteiger partial charge in [0.1, 0.15) is 0 Å². The molecule has 1 aromatic carbocycles. The molecule has 5 nitrogen and oxygen atoms in total. The molecule has 0 aliphatic rings. The smallest absolute Gasteiger partial charge is 0.0813 e. The van der Waals surface area contributed by atoms with E-state index in [1.807, 2.05) is 12.1 Å². The second-order valence-electron chi connectivity index (χ2n) is 4.10. The standard InChI is InChI=1S/C11H7FN2O2.C5H4N.BrH.Zn/c12-9-5-4-8(7-11(9)14(15)16)10-3-1-2-6-13-10;1-2-4-6-5-3-1;;/h1-7H;1-4H;1H;/q;-1;;+2/p-1. The van der Waals surface area contributed by atoms with Crippen molar-refractivity contribution in [3.05, 3.63) is 89.1 Å². The summed E-state index contributed by atoms with van der Waals surface area (Å²) in [5.41, 5.74) is 0.558. The first-order valence-electron chi connectivity index (χ1n) is 6.57. The first kappa shape index (κ1) is 20.0. The number of hydrogen-bond donors (Lipinski definition) is 0. The molecular weight excluding hydrogens is 430 g/mol. The third kappa shape index (κ3) is 6.60. The van der Waals surface area contributed by atoms with Crippen LogP contribution in [0.5, 0.6) is 0 Å². The van der Waals surface area contributed by atoms with Crippen LogP contribution in [0.25, 0.3) is 11.3 Å². The number of benzene rings is 1. The van der Waals surface area contributed by atoms with Crippen molar-refractivity contribution in [1.29, 1.82) is 0 Å². The minimum Gasteiger partial charge on any atom is -0.394 e. The summed E-state index contributed by atoms with van der Waals surface area (Å²) in [7, 11) is 0. The molecule has 0 bridgehead atoms. The summed E-state index contributed by atoms with van der Waals surface area (Å²) in [5.74, 6) is -0.843. The summed E-state index contributed by atoms with van der Waals surface area (Å²) < 4.78 is 13.1. The summed E-state index contributed by atoms with van der Waals surface area (Å²) in [6.07, 6.45) is 5.91. The molecule has 0 aliphatic heterocycles. The van der Waals surface area contributed by atoms with Gasteiger partial charge >= 0.3 is 35.7 Å². The van der Waals surface area contributed by atoms with Gasteiger partial charge in [-0.1, -0.05) is 18.5 Å². The minimum atomic E-state index is -0.843. The molecule has 0 amide bonds. The van der Waals surface area contributed by atoms with Crippen LogP contribution in [0.2, 0.25) is 0 Å². The zero-order valence-corrected chi connectivity index (χ0v) is 17.0. The molecule has 2 aromatic heterocycles. The predicted molar refractivity (Wildman–Crippen MR) is 88.3 cm³/mol. The quantitative estimate of drug-likeness (QED) is 0.254. The monoisotopic (exact) mass is 439 g/mol. The molecule has 0 aliphatic carbocycles. The van der Waals surface area contributed by atoms with Crippen molar-refractivity contribution in [3.63, 3.8) is 0 Å². The maximum atomic E-state index is 13.1. The van der Waals surface area contributed by atoms with Crippen LogP contribution in [0, 0.1) is 22.1 Å². The number of halogens is 2. The van der Waals surface area contributed by atoms with Gasteiger partial charge in [-0.25, -0.2) is 0 Å². The van der Waals surface area contributed by atoms with E-state index in [0.29, 0.717) is 11.3 Å². The fraction of sp³-hybridized carbons (Fsp3) is 0. The second kappa shape index (κ2) is 11.5. The van der Waals surface area contributed by atoms with Gasteiger partial charge < -0.3 is 4.98 Å². The molecule has 2 heterocycles. The molecule has 118 valence electrons. The van der Waals surface area contributed by atoms with E-state index in [1.54, 1.807) is 36.7 Å². The molecule has 3 aromatic rings. The normalized spacial score (nSPS) is 9.00. The van der Waals surface area contributed by atoms with Crippen molar-refractivity contribution in [3.8, 4) is 11.3 Å².